The molecule has 1 N–H and O–H groups in total. The Morgan fingerprint density at radius 1 is 0.909 bits per heavy atom. The van der Waals surface area contributed by atoms with Gasteiger partial charge in [0.15, 0.2) is 9.84 Å². The van der Waals surface area contributed by atoms with Crippen molar-refractivity contribution in [2.75, 3.05) is 18.8 Å². The largest absolute Gasteiger partial charge is 0.317 e. The van der Waals surface area contributed by atoms with Gasteiger partial charge in [0.05, 0.1) is 10.6 Å². The lowest BCUT2D eigenvalue weighted by Crippen LogP contribution is -2.28. The Hall–Kier alpha value is -2.50. The third-order valence-electron chi connectivity index (χ3n) is 7.32. The molecule has 5 rings (SSSR count). The lowest BCUT2D eigenvalue weighted by atomic mass is 9.96. The molecule has 0 radical (unpaired) electrons. The van der Waals surface area contributed by atoms with Crippen LogP contribution in [-0.4, -0.2) is 33.0 Å². The van der Waals surface area contributed by atoms with Crippen LogP contribution in [0.25, 0.3) is 10.8 Å². The summed E-state index contributed by atoms with van der Waals surface area (Å²) in [6.45, 7) is 1.98. The van der Waals surface area contributed by atoms with Crippen molar-refractivity contribution in [3.8, 4) is 0 Å². The summed E-state index contributed by atoms with van der Waals surface area (Å²) in [4.78, 5) is 13.3. The van der Waals surface area contributed by atoms with Gasteiger partial charge in [0.2, 0.25) is 0 Å². The Balaban J connectivity index is 1.18. The molecule has 2 atom stereocenters. The number of Topliss-reactive ketones (excluding diaryl/α,β-unsaturated/α-hetero) is 1. The van der Waals surface area contributed by atoms with Crippen LogP contribution in [0, 0.1) is 11.8 Å². The molecule has 2 aliphatic rings. The molecule has 3 aromatic carbocycles. The molecule has 1 saturated heterocycles. The number of sulfone groups is 1. The maximum atomic E-state index is 12.9. The quantitative estimate of drug-likeness (QED) is 0.517. The van der Waals surface area contributed by atoms with Gasteiger partial charge in [-0.05, 0) is 84.6 Å². The molecule has 1 unspecified atom stereocenters. The Labute approximate surface area is 196 Å². The summed E-state index contributed by atoms with van der Waals surface area (Å²) in [6.07, 6.45) is 4.17. The van der Waals surface area contributed by atoms with Crippen molar-refractivity contribution in [3.63, 3.8) is 0 Å². The Morgan fingerprint density at radius 3 is 2.39 bits per heavy atom. The number of ketones is 1. The second kappa shape index (κ2) is 9.40. The monoisotopic (exact) mass is 461 g/mol. The van der Waals surface area contributed by atoms with Crippen molar-refractivity contribution in [2.24, 2.45) is 11.8 Å². The Bertz CT molecular complexity index is 1240. The minimum atomic E-state index is -3.26. The number of piperidine rings is 1. The summed E-state index contributed by atoms with van der Waals surface area (Å²) in [5.41, 5.74) is 2.13. The molecule has 5 heteroatoms. The van der Waals surface area contributed by atoms with E-state index in [1.54, 1.807) is 12.1 Å². The van der Waals surface area contributed by atoms with Gasteiger partial charge in [-0.1, -0.05) is 54.6 Å². The van der Waals surface area contributed by atoms with Gasteiger partial charge in [0.1, 0.15) is 5.78 Å². The van der Waals surface area contributed by atoms with E-state index in [0.29, 0.717) is 17.2 Å². The zero-order chi connectivity index (χ0) is 22.8. The lowest BCUT2D eigenvalue weighted by Gasteiger charge is -2.22. The smallest absolute Gasteiger partial charge is 0.178 e. The minimum Gasteiger partial charge on any atom is -0.317 e. The number of carbonyl (C=O) groups is 1. The summed E-state index contributed by atoms with van der Waals surface area (Å²) in [5, 5.41) is 5.67. The van der Waals surface area contributed by atoms with E-state index >= 15 is 0 Å². The molecule has 0 amide bonds. The first-order chi connectivity index (χ1) is 16.0. The van der Waals surface area contributed by atoms with Crippen LogP contribution in [0.2, 0.25) is 0 Å². The van der Waals surface area contributed by atoms with E-state index in [2.05, 4.69) is 29.6 Å². The van der Waals surface area contributed by atoms with Gasteiger partial charge in [-0.2, -0.15) is 0 Å². The number of benzene rings is 3. The second-order valence-corrected chi connectivity index (χ2v) is 11.8. The third-order valence-corrected chi connectivity index (χ3v) is 9.08. The normalized spacial score (nSPS) is 21.2. The maximum Gasteiger partial charge on any atom is 0.178 e. The molecule has 1 heterocycles. The van der Waals surface area contributed by atoms with E-state index in [0.717, 1.165) is 55.3 Å². The average Bonchev–Trinajstić information content (AvgIpc) is 3.65. The molecule has 1 saturated carbocycles. The first-order valence-electron chi connectivity index (χ1n) is 12.0. The fourth-order valence-electron chi connectivity index (χ4n) is 5.13. The molecule has 0 aromatic heterocycles. The Morgan fingerprint density at radius 2 is 1.64 bits per heavy atom. The van der Waals surface area contributed by atoms with Crippen molar-refractivity contribution in [3.05, 3.63) is 77.9 Å². The van der Waals surface area contributed by atoms with Crippen molar-refractivity contribution < 1.29 is 13.2 Å². The minimum absolute atomic E-state index is 0.0406. The molecule has 0 bridgehead atoms. The van der Waals surface area contributed by atoms with E-state index in [1.165, 1.54) is 5.39 Å². The van der Waals surface area contributed by atoms with Crippen molar-refractivity contribution in [1.29, 1.82) is 0 Å². The molecule has 0 spiro atoms. The summed E-state index contributed by atoms with van der Waals surface area (Å²) >= 11 is 0. The highest BCUT2D eigenvalue weighted by molar-refractivity contribution is 7.91. The van der Waals surface area contributed by atoms with Gasteiger partial charge in [0.25, 0.3) is 0 Å². The van der Waals surface area contributed by atoms with Crippen LogP contribution < -0.4 is 5.32 Å². The standard InChI is InChI=1S/C28H31NO3S/c30-28(18-21-5-6-22-3-1-2-4-24(22)17-21)27-19-26(27)23-7-9-25(10-8-23)33(31,32)16-13-20-11-14-29-15-12-20/h1-10,17,20,26-27,29H,11-16,18-19H2/t26?,27-/m1/s1. The predicted molar refractivity (Wildman–Crippen MR) is 132 cm³/mol. The van der Waals surface area contributed by atoms with E-state index in [4.69, 9.17) is 0 Å². The number of carbonyl (C=O) groups excluding carboxylic acids is 1. The van der Waals surface area contributed by atoms with E-state index in [-0.39, 0.29) is 23.4 Å². The second-order valence-electron chi connectivity index (χ2n) is 9.64. The molecular weight excluding hydrogens is 430 g/mol. The highest BCUT2D eigenvalue weighted by atomic mass is 32.2. The molecule has 4 nitrogen and oxygen atoms in total. The molecular formula is C28H31NO3S. The van der Waals surface area contributed by atoms with Crippen LogP contribution in [0.5, 0.6) is 0 Å². The zero-order valence-corrected chi connectivity index (χ0v) is 19.7. The number of fused-ring (bicyclic) bond motifs is 1. The van der Waals surface area contributed by atoms with Gasteiger partial charge >= 0.3 is 0 Å². The maximum absolute atomic E-state index is 12.9. The number of hydrogen-bond donors (Lipinski definition) is 1. The van der Waals surface area contributed by atoms with Crippen LogP contribution in [0.1, 0.15) is 42.7 Å². The fourth-order valence-corrected chi connectivity index (χ4v) is 6.56. The predicted octanol–water partition coefficient (Wildman–Crippen LogP) is 4.92. The van der Waals surface area contributed by atoms with E-state index in [1.807, 2.05) is 30.3 Å². The number of nitrogens with one attached hydrogen (secondary N) is 1. The molecule has 3 aromatic rings. The lowest BCUT2D eigenvalue weighted by molar-refractivity contribution is -0.119. The van der Waals surface area contributed by atoms with Gasteiger partial charge < -0.3 is 5.32 Å². The highest BCUT2D eigenvalue weighted by Crippen LogP contribution is 2.48. The van der Waals surface area contributed by atoms with Gasteiger partial charge in [-0.15, -0.1) is 0 Å². The summed E-state index contributed by atoms with van der Waals surface area (Å²) in [5.74, 6) is 1.24. The van der Waals surface area contributed by atoms with Crippen LogP contribution in [0.15, 0.2) is 71.6 Å². The van der Waals surface area contributed by atoms with Crippen LogP contribution in [0.4, 0.5) is 0 Å². The van der Waals surface area contributed by atoms with Crippen LogP contribution in [0.3, 0.4) is 0 Å². The third kappa shape index (κ3) is 5.20. The molecule has 2 fully saturated rings. The Kier molecular flexibility index (Phi) is 6.35. The molecule has 1 aliphatic carbocycles. The summed E-state index contributed by atoms with van der Waals surface area (Å²) < 4.78 is 25.5. The first kappa shape index (κ1) is 22.3. The van der Waals surface area contributed by atoms with Crippen LogP contribution in [-0.2, 0) is 21.1 Å². The highest BCUT2D eigenvalue weighted by Gasteiger charge is 2.43. The van der Waals surface area contributed by atoms with E-state index < -0.39 is 9.84 Å². The molecule has 33 heavy (non-hydrogen) atoms. The van der Waals surface area contributed by atoms with Gasteiger partial charge in [0, 0.05) is 12.3 Å². The van der Waals surface area contributed by atoms with Crippen molar-refractivity contribution >= 4 is 26.4 Å². The van der Waals surface area contributed by atoms with Gasteiger partial charge in [-0.3, -0.25) is 4.79 Å². The van der Waals surface area contributed by atoms with Crippen molar-refractivity contribution in [2.45, 2.75) is 42.9 Å². The average molecular weight is 462 g/mol. The fraction of sp³-hybridized carbons (Fsp3) is 0.393. The first-order valence-corrected chi connectivity index (χ1v) is 13.7. The van der Waals surface area contributed by atoms with Crippen molar-refractivity contribution in [1.82, 2.24) is 5.32 Å². The van der Waals surface area contributed by atoms with E-state index in [9.17, 15) is 13.2 Å². The SMILES string of the molecule is O=C(Cc1ccc2ccccc2c1)[C@@H]1CC1c1ccc(S(=O)(=O)CCC2CCNCC2)cc1. The van der Waals surface area contributed by atoms with Crippen LogP contribution >= 0.6 is 0 Å². The zero-order valence-electron chi connectivity index (χ0n) is 18.9. The molecule has 172 valence electrons. The topological polar surface area (TPSA) is 63.2 Å². The molecule has 1 aliphatic heterocycles. The summed E-state index contributed by atoms with van der Waals surface area (Å²) in [6, 6.07) is 21.7. The number of rotatable bonds is 8. The number of hydrogen-bond acceptors (Lipinski definition) is 4. The van der Waals surface area contributed by atoms with Gasteiger partial charge in [-0.25, -0.2) is 8.42 Å². The summed E-state index contributed by atoms with van der Waals surface area (Å²) in [7, 11) is -3.26.